The van der Waals surface area contributed by atoms with Crippen molar-refractivity contribution in [1.82, 2.24) is 4.57 Å². The molecule has 0 fully saturated rings. The molecule has 0 amide bonds. The summed E-state index contributed by atoms with van der Waals surface area (Å²) in [6.07, 6.45) is 2.08. The number of ether oxygens (including phenoxy) is 1. The Labute approximate surface area is 192 Å². The number of benzene rings is 2. The Balaban J connectivity index is 1.72. The second-order valence-electron chi connectivity index (χ2n) is 7.24. The summed E-state index contributed by atoms with van der Waals surface area (Å²) in [5.41, 5.74) is 2.96. The molecule has 31 heavy (non-hydrogen) atoms. The summed E-state index contributed by atoms with van der Waals surface area (Å²) in [4.78, 5) is 21.7. The monoisotopic (exact) mass is 464 g/mol. The van der Waals surface area contributed by atoms with Crippen LogP contribution in [0.5, 0.6) is 5.75 Å². The van der Waals surface area contributed by atoms with Gasteiger partial charge in [0.2, 0.25) is 0 Å². The summed E-state index contributed by atoms with van der Waals surface area (Å²) < 4.78 is 8.95. The van der Waals surface area contributed by atoms with Gasteiger partial charge >= 0.3 is 0 Å². The Morgan fingerprint density at radius 3 is 2.29 bits per heavy atom. The van der Waals surface area contributed by atoms with Crippen LogP contribution in [-0.4, -0.2) is 11.7 Å². The summed E-state index contributed by atoms with van der Waals surface area (Å²) in [7, 11) is 1.66. The molecule has 4 nitrogen and oxygen atoms in total. The average molecular weight is 465 g/mol. The van der Waals surface area contributed by atoms with Crippen LogP contribution < -0.4 is 19.6 Å². The van der Waals surface area contributed by atoms with Crippen LogP contribution in [0.4, 0.5) is 0 Å². The fourth-order valence-corrected chi connectivity index (χ4v) is 7.31. The van der Waals surface area contributed by atoms with Gasteiger partial charge in [0.1, 0.15) is 10.3 Å². The lowest BCUT2D eigenvalue weighted by Crippen LogP contribution is -2.36. The van der Waals surface area contributed by atoms with Crippen molar-refractivity contribution in [2.75, 3.05) is 7.11 Å². The van der Waals surface area contributed by atoms with Crippen LogP contribution in [0.3, 0.4) is 0 Å². The van der Waals surface area contributed by atoms with Crippen LogP contribution in [0.2, 0.25) is 0 Å². The molecule has 0 spiro atoms. The Morgan fingerprint density at radius 2 is 1.65 bits per heavy atom. The first-order chi connectivity index (χ1) is 15.0. The van der Waals surface area contributed by atoms with Crippen molar-refractivity contribution in [3.05, 3.63) is 101 Å². The van der Waals surface area contributed by atoms with Crippen molar-refractivity contribution >= 4 is 44.8 Å². The first kappa shape index (κ1) is 20.4. The Hall–Kier alpha value is -2.48. The summed E-state index contributed by atoms with van der Waals surface area (Å²) in [5, 5.41) is 0. The minimum Gasteiger partial charge on any atom is -0.497 e. The summed E-state index contributed by atoms with van der Waals surface area (Å²) in [5.74, 6) is 0.806. The number of aromatic nitrogens is 1. The standard InChI is InChI=1S/C24H20N2O2S3/c1-14-15(2)30-23(29-14)21-22(27)26-20(17-7-5-4-6-8-17)13-19(25-24(26)31-21)16-9-11-18(28-3)12-10-16/h4-13,20H,1-3H3. The van der Waals surface area contributed by atoms with Crippen LogP contribution in [0.25, 0.3) is 9.93 Å². The normalized spacial score (nSPS) is 18.0. The van der Waals surface area contributed by atoms with Crippen molar-refractivity contribution in [1.29, 1.82) is 0 Å². The molecule has 3 heterocycles. The van der Waals surface area contributed by atoms with E-state index >= 15 is 0 Å². The van der Waals surface area contributed by atoms with Gasteiger partial charge in [0, 0.05) is 5.56 Å². The van der Waals surface area contributed by atoms with E-state index in [0.29, 0.717) is 0 Å². The highest BCUT2D eigenvalue weighted by molar-refractivity contribution is 8.35. The van der Waals surface area contributed by atoms with E-state index in [1.807, 2.05) is 47.0 Å². The van der Waals surface area contributed by atoms with Gasteiger partial charge in [-0.1, -0.05) is 65.2 Å². The minimum absolute atomic E-state index is 0.0279. The van der Waals surface area contributed by atoms with Gasteiger partial charge in [-0.15, -0.1) is 0 Å². The molecular formula is C24H20N2O2S3. The van der Waals surface area contributed by atoms with Gasteiger partial charge in [0.25, 0.3) is 5.56 Å². The third-order valence-corrected chi connectivity index (χ3v) is 9.27. The van der Waals surface area contributed by atoms with E-state index < -0.39 is 0 Å². The maximum atomic E-state index is 13.5. The number of hydrogen-bond donors (Lipinski definition) is 0. The molecule has 1 atom stereocenters. The molecule has 1 unspecified atom stereocenters. The third-order valence-electron chi connectivity index (χ3n) is 5.32. The minimum atomic E-state index is -0.199. The van der Waals surface area contributed by atoms with E-state index in [-0.39, 0.29) is 11.6 Å². The van der Waals surface area contributed by atoms with Gasteiger partial charge in [0.05, 0.1) is 23.1 Å². The van der Waals surface area contributed by atoms with E-state index in [4.69, 9.17) is 9.73 Å². The first-order valence-corrected chi connectivity index (χ1v) is 12.3. The molecule has 0 bridgehead atoms. The van der Waals surface area contributed by atoms with Gasteiger partial charge in [-0.3, -0.25) is 9.36 Å². The highest BCUT2D eigenvalue weighted by Crippen LogP contribution is 2.48. The van der Waals surface area contributed by atoms with Gasteiger partial charge < -0.3 is 4.74 Å². The van der Waals surface area contributed by atoms with Gasteiger partial charge in [0.15, 0.2) is 4.80 Å². The number of hydrogen-bond acceptors (Lipinski definition) is 6. The number of thiazole rings is 1. The maximum Gasteiger partial charge on any atom is 0.272 e. The number of nitrogens with zero attached hydrogens (tertiary/aromatic N) is 2. The number of thioether (sulfide) groups is 2. The summed E-state index contributed by atoms with van der Waals surface area (Å²) in [6, 6.07) is 17.8. The molecule has 2 aliphatic heterocycles. The molecule has 5 rings (SSSR count). The topological polar surface area (TPSA) is 43.6 Å². The van der Waals surface area contributed by atoms with E-state index in [1.165, 1.54) is 21.1 Å². The van der Waals surface area contributed by atoms with E-state index in [1.54, 1.807) is 30.6 Å². The summed E-state index contributed by atoms with van der Waals surface area (Å²) >= 11 is 4.85. The molecule has 1 aromatic heterocycles. The lowest BCUT2D eigenvalue weighted by atomic mass is 10.0. The molecule has 156 valence electrons. The molecular weight excluding hydrogens is 444 g/mol. The summed E-state index contributed by atoms with van der Waals surface area (Å²) in [6.45, 7) is 4.21. The highest BCUT2D eigenvalue weighted by atomic mass is 32.2. The van der Waals surface area contributed by atoms with Crippen molar-refractivity contribution in [3.8, 4) is 5.75 Å². The molecule has 0 saturated heterocycles. The van der Waals surface area contributed by atoms with Gasteiger partial charge in [-0.2, -0.15) is 0 Å². The van der Waals surface area contributed by atoms with Crippen molar-refractivity contribution in [2.24, 2.45) is 4.99 Å². The van der Waals surface area contributed by atoms with Crippen molar-refractivity contribution in [3.63, 3.8) is 0 Å². The maximum absolute atomic E-state index is 13.5. The molecule has 3 aromatic rings. The van der Waals surface area contributed by atoms with Crippen molar-refractivity contribution in [2.45, 2.75) is 19.9 Å². The Kier molecular flexibility index (Phi) is 5.42. The van der Waals surface area contributed by atoms with E-state index in [9.17, 15) is 4.79 Å². The van der Waals surface area contributed by atoms with Crippen LogP contribution in [0, 0.1) is 0 Å². The second kappa shape index (κ2) is 8.22. The lowest BCUT2D eigenvalue weighted by Gasteiger charge is -2.19. The molecule has 7 heteroatoms. The zero-order valence-corrected chi connectivity index (χ0v) is 19.7. The largest absolute Gasteiger partial charge is 0.497 e. The average Bonchev–Trinajstić information content (AvgIpc) is 3.32. The second-order valence-corrected chi connectivity index (χ2v) is 10.9. The predicted molar refractivity (Wildman–Crippen MR) is 132 cm³/mol. The Morgan fingerprint density at radius 1 is 0.968 bits per heavy atom. The fourth-order valence-electron chi connectivity index (χ4n) is 3.55. The number of fused-ring (bicyclic) bond motifs is 1. The highest BCUT2D eigenvalue weighted by Gasteiger charge is 2.25. The van der Waals surface area contributed by atoms with Gasteiger partial charge in [-0.25, -0.2) is 4.99 Å². The molecule has 0 N–H and O–H groups in total. The van der Waals surface area contributed by atoms with Crippen LogP contribution >= 0.6 is 34.9 Å². The van der Waals surface area contributed by atoms with E-state index in [2.05, 4.69) is 32.1 Å². The van der Waals surface area contributed by atoms with Crippen LogP contribution in [0.1, 0.15) is 31.0 Å². The number of allylic oxidation sites excluding steroid dienone is 3. The molecule has 2 aliphatic rings. The molecule has 0 aliphatic carbocycles. The SMILES string of the molecule is COc1ccc(C2=CC(c3ccccc3)n3c(sc(=C4SC(C)=C(C)S4)c3=O)=N2)cc1. The number of methoxy groups -OCH3 is 1. The van der Waals surface area contributed by atoms with E-state index in [0.717, 1.165) is 36.1 Å². The third kappa shape index (κ3) is 3.71. The smallest absolute Gasteiger partial charge is 0.272 e. The molecule has 0 radical (unpaired) electrons. The first-order valence-electron chi connectivity index (χ1n) is 9.84. The quantitative estimate of drug-likeness (QED) is 0.548. The zero-order chi connectivity index (χ0) is 21.5. The zero-order valence-electron chi connectivity index (χ0n) is 17.3. The van der Waals surface area contributed by atoms with Crippen LogP contribution in [-0.2, 0) is 0 Å². The molecule has 2 aromatic carbocycles. The van der Waals surface area contributed by atoms with Crippen molar-refractivity contribution < 1.29 is 4.74 Å². The fraction of sp³-hybridized carbons (Fsp3) is 0.167. The number of rotatable bonds is 3. The predicted octanol–water partition coefficient (Wildman–Crippen LogP) is 4.98. The van der Waals surface area contributed by atoms with Gasteiger partial charge in [-0.05, 0) is 59.6 Å². The van der Waals surface area contributed by atoms with Crippen LogP contribution in [0.15, 0.2) is 80.3 Å². The molecule has 0 saturated carbocycles. The lowest BCUT2D eigenvalue weighted by molar-refractivity contribution is 0.415. The Bertz CT molecular complexity index is 1380.